The topological polar surface area (TPSA) is 58.4 Å². The molecule has 6 heteroatoms. The molecular weight excluding hydrogens is 220 g/mol. The van der Waals surface area contributed by atoms with Gasteiger partial charge in [-0.05, 0) is 0 Å². The maximum atomic E-state index is 11.2. The third-order valence-corrected chi connectivity index (χ3v) is 2.23. The number of amides is 1. The Labute approximate surface area is 90.6 Å². The van der Waals surface area contributed by atoms with Crippen molar-refractivity contribution in [2.45, 2.75) is 0 Å². The van der Waals surface area contributed by atoms with Gasteiger partial charge in [0.2, 0.25) is 0 Å². The minimum atomic E-state index is -0.284. The van der Waals surface area contributed by atoms with Gasteiger partial charge in [-0.2, -0.15) is 0 Å². The summed E-state index contributed by atoms with van der Waals surface area (Å²) in [6.07, 6.45) is 0. The number of nitrogens with one attached hydrogen (secondary N) is 1. The van der Waals surface area contributed by atoms with Crippen LogP contribution in [0, 0.1) is 4.91 Å². The molecule has 0 unspecified atom stereocenters. The van der Waals surface area contributed by atoms with E-state index in [1.54, 1.807) is 6.07 Å². The van der Waals surface area contributed by atoms with Gasteiger partial charge in [0.25, 0.3) is 11.6 Å². The molecule has 1 amide bonds. The number of nitroso groups, excluding NO2 is 1. The second-order valence-corrected chi connectivity index (χ2v) is 3.57. The monoisotopic (exact) mass is 227 g/mol. The fourth-order valence-electron chi connectivity index (χ4n) is 1.37. The fraction of sp³-hybridized carbons (Fsp3) is 0.222. The number of anilines is 1. The lowest BCUT2D eigenvalue weighted by molar-refractivity contribution is -0.427. The second kappa shape index (κ2) is 3.51. The van der Waals surface area contributed by atoms with Crippen LogP contribution in [-0.2, 0) is 4.79 Å². The molecule has 78 valence electrons. The summed E-state index contributed by atoms with van der Waals surface area (Å²) < 4.78 is 5.77. The quantitative estimate of drug-likeness (QED) is 0.743. The lowest BCUT2D eigenvalue weighted by Crippen LogP contribution is -2.26. The van der Waals surface area contributed by atoms with Gasteiger partial charge in [0.05, 0.1) is 5.02 Å². The number of nitrogens with zero attached hydrogens (tertiary/aromatic N) is 1. The minimum absolute atomic E-state index is 0.0602. The zero-order valence-electron chi connectivity index (χ0n) is 7.91. The Balaban J connectivity index is 2.60. The predicted molar refractivity (Wildman–Crippen MR) is 54.8 cm³/mol. The first-order chi connectivity index (χ1) is 7.08. The van der Waals surface area contributed by atoms with E-state index >= 15 is 0 Å². The molecule has 0 aliphatic carbocycles. The molecule has 2 rings (SSSR count). The first-order valence-electron chi connectivity index (χ1n) is 4.25. The highest BCUT2D eigenvalue weighted by Crippen LogP contribution is 2.38. The van der Waals surface area contributed by atoms with Gasteiger partial charge in [0, 0.05) is 21.8 Å². The van der Waals surface area contributed by atoms with E-state index in [-0.39, 0.29) is 18.2 Å². The lowest BCUT2D eigenvalue weighted by Gasteiger charge is -2.17. The average Bonchev–Trinajstić information content (AvgIpc) is 2.17. The Morgan fingerprint density at radius 3 is 2.93 bits per heavy atom. The zero-order chi connectivity index (χ0) is 11.0. The van der Waals surface area contributed by atoms with Gasteiger partial charge in [0.1, 0.15) is 0 Å². The van der Waals surface area contributed by atoms with Gasteiger partial charge in [-0.15, -0.1) is 0 Å². The summed E-state index contributed by atoms with van der Waals surface area (Å²) in [5.41, 5.74) is 0.652. The third-order valence-electron chi connectivity index (χ3n) is 2.01. The van der Waals surface area contributed by atoms with Crippen molar-refractivity contribution in [1.29, 1.82) is 0 Å². The van der Waals surface area contributed by atoms with Crippen molar-refractivity contribution in [2.75, 3.05) is 19.0 Å². The molecule has 1 N–H and O–H groups in total. The van der Waals surface area contributed by atoms with Crippen LogP contribution in [0.25, 0.3) is 0 Å². The van der Waals surface area contributed by atoms with Gasteiger partial charge in [-0.3, -0.25) is 4.79 Å². The summed E-state index contributed by atoms with van der Waals surface area (Å²) >= 11 is 5.80. The van der Waals surface area contributed by atoms with Crippen molar-refractivity contribution in [3.8, 4) is 5.75 Å². The van der Waals surface area contributed by atoms with E-state index in [1.807, 2.05) is 0 Å². The van der Waals surface area contributed by atoms with Gasteiger partial charge < -0.3 is 10.1 Å². The fourth-order valence-corrected chi connectivity index (χ4v) is 1.58. The van der Waals surface area contributed by atoms with Crippen LogP contribution in [0.3, 0.4) is 0 Å². The molecule has 0 radical (unpaired) electrons. The number of ether oxygens (including phenoxy) is 1. The number of hydrogen-bond donors (Lipinski definition) is 1. The van der Waals surface area contributed by atoms with E-state index in [2.05, 4.69) is 5.32 Å². The molecule has 1 aliphatic heterocycles. The van der Waals surface area contributed by atoms with Crippen LogP contribution in [0.2, 0.25) is 5.02 Å². The van der Waals surface area contributed by atoms with E-state index in [0.29, 0.717) is 21.2 Å². The number of rotatable bonds is 1. The van der Waals surface area contributed by atoms with Gasteiger partial charge in [0.15, 0.2) is 25.1 Å². The van der Waals surface area contributed by atoms with Gasteiger partial charge in [-0.25, -0.2) is 0 Å². The van der Waals surface area contributed by atoms with Crippen molar-refractivity contribution < 1.29 is 14.3 Å². The number of hydrogen-bond acceptors (Lipinski definition) is 3. The van der Waals surface area contributed by atoms with E-state index in [4.69, 9.17) is 16.3 Å². The molecule has 5 nitrogen and oxygen atoms in total. The Hall–Kier alpha value is -1.62. The van der Waals surface area contributed by atoms with Crippen LogP contribution < -0.4 is 10.1 Å². The van der Waals surface area contributed by atoms with Crippen LogP contribution in [-0.4, -0.2) is 24.3 Å². The van der Waals surface area contributed by atoms with E-state index in [1.165, 1.54) is 13.1 Å². The van der Waals surface area contributed by atoms with Crippen molar-refractivity contribution in [3.63, 3.8) is 0 Å². The normalized spacial score (nSPS) is 13.9. The van der Waals surface area contributed by atoms with Crippen molar-refractivity contribution in [2.24, 2.45) is 0 Å². The zero-order valence-corrected chi connectivity index (χ0v) is 8.67. The summed E-state index contributed by atoms with van der Waals surface area (Å²) in [6.45, 7) is -0.0602. The SMILES string of the molecule is C[N+](=O)c1cc(Cl)cc2c1NC(=O)CO2. The van der Waals surface area contributed by atoms with Crippen LogP contribution >= 0.6 is 11.6 Å². The molecule has 0 fully saturated rings. The summed E-state index contributed by atoms with van der Waals surface area (Å²) in [6, 6.07) is 3.03. The standard InChI is InChI=1S/C9H7ClN2O3/c1-12(14)6-2-5(10)3-7-9(6)11-8(13)4-15-7/h2-3H,4H2,1H3/p+1. The first-order valence-corrected chi connectivity index (χ1v) is 4.63. The molecule has 1 aliphatic rings. The Bertz CT molecular complexity index is 459. The van der Waals surface area contributed by atoms with E-state index in [0.717, 1.165) is 0 Å². The van der Waals surface area contributed by atoms with Gasteiger partial charge >= 0.3 is 0 Å². The molecule has 0 aromatic heterocycles. The molecule has 0 atom stereocenters. The number of carbonyl (C=O) groups is 1. The Morgan fingerprint density at radius 2 is 2.27 bits per heavy atom. The molecule has 0 bridgehead atoms. The highest BCUT2D eigenvalue weighted by Gasteiger charge is 2.26. The molecular formula is C9H8ClN2O3+. The smallest absolute Gasteiger partial charge is 0.284 e. The minimum Gasteiger partial charge on any atom is -0.481 e. The second-order valence-electron chi connectivity index (χ2n) is 3.13. The summed E-state index contributed by atoms with van der Waals surface area (Å²) in [7, 11) is 1.33. The summed E-state index contributed by atoms with van der Waals surface area (Å²) in [5, 5.41) is 2.96. The molecule has 0 saturated heterocycles. The van der Waals surface area contributed by atoms with Crippen LogP contribution in [0.1, 0.15) is 0 Å². The molecule has 1 aromatic rings. The predicted octanol–water partition coefficient (Wildman–Crippen LogP) is 1.71. The summed E-state index contributed by atoms with van der Waals surface area (Å²) in [4.78, 5) is 22.3. The molecule has 1 aromatic carbocycles. The average molecular weight is 228 g/mol. The Kier molecular flexibility index (Phi) is 2.32. The van der Waals surface area contributed by atoms with Crippen LogP contribution in [0.15, 0.2) is 12.1 Å². The molecule has 0 saturated carbocycles. The highest BCUT2D eigenvalue weighted by molar-refractivity contribution is 6.31. The summed E-state index contributed by atoms with van der Waals surface area (Å²) in [5.74, 6) is 0.132. The van der Waals surface area contributed by atoms with Crippen molar-refractivity contribution >= 4 is 28.9 Å². The number of fused-ring (bicyclic) bond motifs is 1. The van der Waals surface area contributed by atoms with Crippen LogP contribution in [0.5, 0.6) is 5.75 Å². The van der Waals surface area contributed by atoms with Gasteiger partial charge in [-0.1, -0.05) is 11.6 Å². The third kappa shape index (κ3) is 1.78. The van der Waals surface area contributed by atoms with E-state index < -0.39 is 0 Å². The number of halogens is 1. The largest absolute Gasteiger partial charge is 0.481 e. The van der Waals surface area contributed by atoms with Crippen LogP contribution in [0.4, 0.5) is 11.4 Å². The highest BCUT2D eigenvalue weighted by atomic mass is 35.5. The van der Waals surface area contributed by atoms with E-state index in [9.17, 15) is 9.70 Å². The first kappa shape index (κ1) is 9.92. The van der Waals surface area contributed by atoms with Crippen molar-refractivity contribution in [3.05, 3.63) is 22.1 Å². The maximum absolute atomic E-state index is 11.2. The molecule has 1 heterocycles. The Morgan fingerprint density at radius 1 is 1.53 bits per heavy atom. The lowest BCUT2D eigenvalue weighted by atomic mass is 10.2. The molecule has 0 spiro atoms. The number of carbonyl (C=O) groups excluding carboxylic acids is 1. The number of benzene rings is 1. The maximum Gasteiger partial charge on any atom is 0.284 e. The van der Waals surface area contributed by atoms with Crippen molar-refractivity contribution in [1.82, 2.24) is 0 Å². The molecule has 15 heavy (non-hydrogen) atoms.